The Hall–Kier alpha value is -0.790. The van der Waals surface area contributed by atoms with Crippen molar-refractivity contribution in [1.82, 2.24) is 4.90 Å². The van der Waals surface area contributed by atoms with Crippen LogP contribution in [0.15, 0.2) is 18.2 Å². The van der Waals surface area contributed by atoms with E-state index in [1.807, 2.05) is 26.0 Å². The molecular formula is C14H16Cl2N2O. The van der Waals surface area contributed by atoms with Crippen LogP contribution >= 0.6 is 23.2 Å². The number of nitrogens with zero attached hydrogens (tertiary/aromatic N) is 2. The maximum absolute atomic E-state index is 9.49. The molecule has 0 N–H and O–H groups in total. The molecule has 3 atom stereocenters. The first-order valence-electron chi connectivity index (χ1n) is 6.26. The van der Waals surface area contributed by atoms with Gasteiger partial charge in [-0.15, -0.1) is 0 Å². The first-order chi connectivity index (χ1) is 9.02. The molecule has 0 aromatic heterocycles. The third-order valence-electron chi connectivity index (χ3n) is 3.21. The number of rotatable bonds is 2. The van der Waals surface area contributed by atoms with Gasteiger partial charge in [0.2, 0.25) is 0 Å². The standard InChI is InChI=1S/C14H16Cl2N2O/c1-9-7-18(8-10(2)19-9)13(6-17)11-4-3-5-12(15)14(11)16/h3-5,9-10,13H,7-8H2,1-2H3. The SMILES string of the molecule is CC1CN(C(C#N)c2cccc(Cl)c2Cl)CC(C)O1. The van der Waals surface area contributed by atoms with Crippen molar-refractivity contribution >= 4 is 23.2 Å². The molecule has 0 saturated carbocycles. The number of nitriles is 1. The van der Waals surface area contributed by atoms with Gasteiger partial charge in [0.25, 0.3) is 0 Å². The Morgan fingerprint density at radius 3 is 2.53 bits per heavy atom. The van der Waals surface area contributed by atoms with Gasteiger partial charge in [-0.3, -0.25) is 4.90 Å². The van der Waals surface area contributed by atoms with Gasteiger partial charge < -0.3 is 4.74 Å². The van der Waals surface area contributed by atoms with Crippen molar-refractivity contribution < 1.29 is 4.74 Å². The van der Waals surface area contributed by atoms with Gasteiger partial charge in [0.15, 0.2) is 0 Å². The Kier molecular flexibility index (Phi) is 4.70. The van der Waals surface area contributed by atoms with Crippen LogP contribution in [0.4, 0.5) is 0 Å². The van der Waals surface area contributed by atoms with Gasteiger partial charge in [0.1, 0.15) is 6.04 Å². The molecule has 0 spiro atoms. The van der Waals surface area contributed by atoms with Gasteiger partial charge in [0.05, 0.1) is 28.3 Å². The smallest absolute Gasteiger partial charge is 0.125 e. The fourth-order valence-electron chi connectivity index (χ4n) is 2.51. The molecule has 1 fully saturated rings. The predicted octanol–water partition coefficient (Wildman–Crippen LogP) is 3.67. The van der Waals surface area contributed by atoms with Crippen LogP contribution in [0.3, 0.4) is 0 Å². The van der Waals surface area contributed by atoms with Crippen LogP contribution < -0.4 is 0 Å². The fourth-order valence-corrected chi connectivity index (χ4v) is 2.92. The van der Waals surface area contributed by atoms with Crippen molar-refractivity contribution in [2.45, 2.75) is 32.1 Å². The van der Waals surface area contributed by atoms with Crippen LogP contribution in [-0.2, 0) is 4.74 Å². The van der Waals surface area contributed by atoms with Gasteiger partial charge in [-0.25, -0.2) is 0 Å². The summed E-state index contributed by atoms with van der Waals surface area (Å²) < 4.78 is 5.69. The number of hydrogen-bond acceptors (Lipinski definition) is 3. The first-order valence-corrected chi connectivity index (χ1v) is 7.01. The average molecular weight is 299 g/mol. The molecule has 0 radical (unpaired) electrons. The number of benzene rings is 1. The van der Waals surface area contributed by atoms with Crippen LogP contribution in [0.25, 0.3) is 0 Å². The molecule has 0 bridgehead atoms. The van der Waals surface area contributed by atoms with Crippen LogP contribution in [-0.4, -0.2) is 30.2 Å². The minimum atomic E-state index is -0.389. The summed E-state index contributed by atoms with van der Waals surface area (Å²) >= 11 is 12.2. The van der Waals surface area contributed by atoms with E-state index >= 15 is 0 Å². The summed E-state index contributed by atoms with van der Waals surface area (Å²) in [7, 11) is 0. The van der Waals surface area contributed by atoms with Gasteiger partial charge in [-0.2, -0.15) is 5.26 Å². The molecule has 2 rings (SSSR count). The Bertz CT molecular complexity index is 491. The lowest BCUT2D eigenvalue weighted by Gasteiger charge is -2.38. The Labute approximate surface area is 123 Å². The molecule has 0 amide bonds. The lowest BCUT2D eigenvalue weighted by Crippen LogP contribution is -2.46. The maximum atomic E-state index is 9.49. The summed E-state index contributed by atoms with van der Waals surface area (Å²) in [5, 5.41) is 10.4. The highest BCUT2D eigenvalue weighted by Crippen LogP contribution is 2.33. The highest BCUT2D eigenvalue weighted by Gasteiger charge is 2.30. The second-order valence-corrected chi connectivity index (χ2v) is 5.67. The molecule has 1 aliphatic heterocycles. The first kappa shape index (κ1) is 14.6. The molecule has 3 nitrogen and oxygen atoms in total. The topological polar surface area (TPSA) is 36.3 Å². The van der Waals surface area contributed by atoms with Crippen molar-refractivity contribution in [1.29, 1.82) is 5.26 Å². The van der Waals surface area contributed by atoms with E-state index in [9.17, 15) is 5.26 Å². The number of morpholine rings is 1. The molecule has 1 aliphatic rings. The van der Waals surface area contributed by atoms with Gasteiger partial charge in [-0.05, 0) is 19.9 Å². The molecule has 102 valence electrons. The summed E-state index contributed by atoms with van der Waals surface area (Å²) in [6.07, 6.45) is 0.218. The predicted molar refractivity (Wildman–Crippen MR) is 76.4 cm³/mol. The van der Waals surface area contributed by atoms with E-state index in [-0.39, 0.29) is 18.2 Å². The summed E-state index contributed by atoms with van der Waals surface area (Å²) in [4.78, 5) is 2.09. The second-order valence-electron chi connectivity index (χ2n) is 4.89. The third-order valence-corrected chi connectivity index (χ3v) is 4.04. The van der Waals surface area contributed by atoms with E-state index in [0.717, 1.165) is 5.56 Å². The molecule has 5 heteroatoms. The van der Waals surface area contributed by atoms with Crippen molar-refractivity contribution in [2.24, 2.45) is 0 Å². The molecule has 0 aliphatic carbocycles. The largest absolute Gasteiger partial charge is 0.373 e. The Morgan fingerprint density at radius 2 is 1.95 bits per heavy atom. The molecule has 1 saturated heterocycles. The second kappa shape index (κ2) is 6.11. The van der Waals surface area contributed by atoms with Crippen LogP contribution in [0.5, 0.6) is 0 Å². The average Bonchev–Trinajstić information content (AvgIpc) is 2.34. The van der Waals surface area contributed by atoms with E-state index in [4.69, 9.17) is 27.9 Å². The minimum Gasteiger partial charge on any atom is -0.373 e. The van der Waals surface area contributed by atoms with E-state index < -0.39 is 0 Å². The van der Waals surface area contributed by atoms with Crippen molar-refractivity contribution in [3.8, 4) is 6.07 Å². The summed E-state index contributed by atoms with van der Waals surface area (Å²) in [6.45, 7) is 5.45. The zero-order valence-electron chi connectivity index (χ0n) is 10.9. The molecule has 1 heterocycles. The molecule has 3 unspecified atom stereocenters. The molecule has 1 aromatic rings. The quantitative estimate of drug-likeness (QED) is 0.836. The zero-order valence-corrected chi connectivity index (χ0v) is 12.4. The van der Waals surface area contributed by atoms with Gasteiger partial charge >= 0.3 is 0 Å². The summed E-state index contributed by atoms with van der Waals surface area (Å²) in [6, 6.07) is 7.34. The van der Waals surface area contributed by atoms with Crippen molar-refractivity contribution in [3.05, 3.63) is 33.8 Å². The highest BCUT2D eigenvalue weighted by molar-refractivity contribution is 6.42. The van der Waals surface area contributed by atoms with E-state index in [0.29, 0.717) is 23.1 Å². The summed E-state index contributed by atoms with van der Waals surface area (Å²) in [5.41, 5.74) is 0.762. The van der Waals surface area contributed by atoms with E-state index in [2.05, 4.69) is 11.0 Å². The highest BCUT2D eigenvalue weighted by atomic mass is 35.5. The van der Waals surface area contributed by atoms with Crippen LogP contribution in [0.1, 0.15) is 25.5 Å². The number of halogens is 2. The molecule has 19 heavy (non-hydrogen) atoms. The Morgan fingerprint density at radius 1 is 1.32 bits per heavy atom. The van der Waals surface area contributed by atoms with Crippen LogP contribution in [0.2, 0.25) is 10.0 Å². The lowest BCUT2D eigenvalue weighted by molar-refractivity contribution is -0.0750. The molecular weight excluding hydrogens is 283 g/mol. The fraction of sp³-hybridized carbons (Fsp3) is 0.500. The van der Waals surface area contributed by atoms with E-state index in [1.54, 1.807) is 6.07 Å². The van der Waals surface area contributed by atoms with Gasteiger partial charge in [-0.1, -0.05) is 35.3 Å². The molecule has 1 aromatic carbocycles. The van der Waals surface area contributed by atoms with Gasteiger partial charge in [0, 0.05) is 18.7 Å². The van der Waals surface area contributed by atoms with E-state index in [1.165, 1.54) is 0 Å². The summed E-state index contributed by atoms with van der Waals surface area (Å²) in [5.74, 6) is 0. The third kappa shape index (κ3) is 3.21. The normalized spacial score (nSPS) is 25.8. The van der Waals surface area contributed by atoms with Crippen molar-refractivity contribution in [2.75, 3.05) is 13.1 Å². The number of hydrogen-bond donors (Lipinski definition) is 0. The minimum absolute atomic E-state index is 0.109. The Balaban J connectivity index is 2.30. The lowest BCUT2D eigenvalue weighted by atomic mass is 10.0. The monoisotopic (exact) mass is 298 g/mol. The zero-order chi connectivity index (χ0) is 14.0. The van der Waals surface area contributed by atoms with Crippen molar-refractivity contribution in [3.63, 3.8) is 0 Å². The van der Waals surface area contributed by atoms with Crippen LogP contribution in [0, 0.1) is 11.3 Å². The number of ether oxygens (including phenoxy) is 1. The maximum Gasteiger partial charge on any atom is 0.125 e.